The Bertz CT molecular complexity index is 820. The van der Waals surface area contributed by atoms with Gasteiger partial charge in [0.1, 0.15) is 10.0 Å². The van der Waals surface area contributed by atoms with Crippen LogP contribution >= 0.6 is 22.9 Å². The van der Waals surface area contributed by atoms with Crippen LogP contribution in [-0.2, 0) is 10.0 Å². The van der Waals surface area contributed by atoms with Crippen LogP contribution in [0.3, 0.4) is 0 Å². The van der Waals surface area contributed by atoms with Gasteiger partial charge in [0.05, 0.1) is 10.6 Å². The second-order valence-electron chi connectivity index (χ2n) is 4.07. The molecular formula is C11H8ClFN2O4S2. The third-order valence-corrected chi connectivity index (χ3v) is 5.65. The molecule has 0 aliphatic rings. The standard InChI is InChI=1S/C11H8ClFN2O4S2/c1-6-2-3-7(13)8(4-6)14-21(18,19)10-5-9(15(16)17)11(12)20-10/h2-5,14H,1H3. The number of sulfonamides is 1. The Balaban J connectivity index is 2.41. The van der Waals surface area contributed by atoms with Gasteiger partial charge in [0.2, 0.25) is 0 Å². The molecule has 10 heteroatoms. The fraction of sp³-hybridized carbons (Fsp3) is 0.0909. The normalized spacial score (nSPS) is 11.4. The average Bonchev–Trinajstić information content (AvgIpc) is 2.77. The molecule has 1 aromatic carbocycles. The van der Waals surface area contributed by atoms with Gasteiger partial charge in [0.15, 0.2) is 4.34 Å². The summed E-state index contributed by atoms with van der Waals surface area (Å²) in [6, 6.07) is 4.76. The van der Waals surface area contributed by atoms with Gasteiger partial charge in [0, 0.05) is 6.07 Å². The van der Waals surface area contributed by atoms with Gasteiger partial charge in [-0.25, -0.2) is 12.8 Å². The van der Waals surface area contributed by atoms with Crippen molar-refractivity contribution in [2.45, 2.75) is 11.1 Å². The lowest BCUT2D eigenvalue weighted by Crippen LogP contribution is -2.12. The summed E-state index contributed by atoms with van der Waals surface area (Å²) in [5, 5.41) is 10.7. The lowest BCUT2D eigenvalue weighted by Gasteiger charge is -2.07. The number of anilines is 1. The number of hydrogen-bond donors (Lipinski definition) is 1. The van der Waals surface area contributed by atoms with Gasteiger partial charge in [-0.3, -0.25) is 14.8 Å². The van der Waals surface area contributed by atoms with Gasteiger partial charge < -0.3 is 0 Å². The Hall–Kier alpha value is -1.71. The highest BCUT2D eigenvalue weighted by Gasteiger charge is 2.26. The summed E-state index contributed by atoms with van der Waals surface area (Å²) in [6.45, 7) is 1.67. The zero-order chi connectivity index (χ0) is 15.8. The van der Waals surface area contributed by atoms with Crippen molar-refractivity contribution in [3.8, 4) is 0 Å². The minimum atomic E-state index is -4.15. The molecule has 1 N–H and O–H groups in total. The van der Waals surface area contributed by atoms with Crippen LogP contribution in [0.4, 0.5) is 15.8 Å². The van der Waals surface area contributed by atoms with Crippen molar-refractivity contribution in [2.24, 2.45) is 0 Å². The highest BCUT2D eigenvalue weighted by atomic mass is 35.5. The fourth-order valence-corrected chi connectivity index (χ4v) is 4.23. The monoisotopic (exact) mass is 350 g/mol. The Morgan fingerprint density at radius 1 is 1.38 bits per heavy atom. The van der Waals surface area contributed by atoms with Crippen molar-refractivity contribution < 1.29 is 17.7 Å². The van der Waals surface area contributed by atoms with Crippen molar-refractivity contribution in [3.63, 3.8) is 0 Å². The number of hydrogen-bond acceptors (Lipinski definition) is 5. The van der Waals surface area contributed by atoms with E-state index in [4.69, 9.17) is 11.6 Å². The van der Waals surface area contributed by atoms with E-state index in [0.717, 1.165) is 12.1 Å². The van der Waals surface area contributed by atoms with Crippen LogP contribution in [0.2, 0.25) is 4.34 Å². The molecule has 0 amide bonds. The first-order valence-electron chi connectivity index (χ1n) is 5.43. The quantitative estimate of drug-likeness (QED) is 0.674. The molecule has 0 atom stereocenters. The Morgan fingerprint density at radius 2 is 2.05 bits per heavy atom. The van der Waals surface area contributed by atoms with E-state index in [9.17, 15) is 22.9 Å². The SMILES string of the molecule is Cc1ccc(F)c(NS(=O)(=O)c2cc([N+](=O)[O-])c(Cl)s2)c1. The molecule has 0 fully saturated rings. The van der Waals surface area contributed by atoms with Crippen molar-refractivity contribution in [1.82, 2.24) is 0 Å². The molecule has 2 aromatic rings. The highest BCUT2D eigenvalue weighted by Crippen LogP contribution is 2.37. The van der Waals surface area contributed by atoms with Crippen LogP contribution in [0.15, 0.2) is 28.5 Å². The predicted octanol–water partition coefficient (Wildman–Crippen LogP) is 3.56. The first-order chi connectivity index (χ1) is 9.70. The lowest BCUT2D eigenvalue weighted by molar-refractivity contribution is -0.384. The van der Waals surface area contributed by atoms with E-state index in [1.165, 1.54) is 12.1 Å². The van der Waals surface area contributed by atoms with Crippen LogP contribution in [0.25, 0.3) is 0 Å². The summed E-state index contributed by atoms with van der Waals surface area (Å²) in [5.74, 6) is -0.749. The second kappa shape index (κ2) is 5.58. The molecule has 0 saturated carbocycles. The molecule has 0 bridgehead atoms. The first-order valence-corrected chi connectivity index (χ1v) is 8.11. The minimum Gasteiger partial charge on any atom is -0.276 e. The molecule has 0 unspecified atom stereocenters. The smallest absolute Gasteiger partial charge is 0.276 e. The third kappa shape index (κ3) is 3.31. The fourth-order valence-electron chi connectivity index (χ4n) is 1.51. The summed E-state index contributed by atoms with van der Waals surface area (Å²) in [4.78, 5) is 9.89. The maximum atomic E-state index is 13.6. The third-order valence-electron chi connectivity index (χ3n) is 2.47. The Labute approximate surface area is 128 Å². The van der Waals surface area contributed by atoms with Crippen LogP contribution in [0, 0.1) is 22.9 Å². The van der Waals surface area contributed by atoms with E-state index >= 15 is 0 Å². The zero-order valence-electron chi connectivity index (χ0n) is 10.5. The van der Waals surface area contributed by atoms with E-state index in [2.05, 4.69) is 0 Å². The molecule has 0 saturated heterocycles. The number of aryl methyl sites for hydroxylation is 1. The average molecular weight is 351 g/mol. The maximum absolute atomic E-state index is 13.6. The zero-order valence-corrected chi connectivity index (χ0v) is 12.9. The summed E-state index contributed by atoms with van der Waals surface area (Å²) < 4.78 is 39.2. The summed E-state index contributed by atoms with van der Waals surface area (Å²) in [5.41, 5.74) is -0.0850. The summed E-state index contributed by atoms with van der Waals surface area (Å²) in [6.07, 6.45) is 0. The number of thiophene rings is 1. The van der Waals surface area contributed by atoms with Gasteiger partial charge in [-0.15, -0.1) is 11.3 Å². The van der Waals surface area contributed by atoms with Crippen molar-refractivity contribution in [1.29, 1.82) is 0 Å². The summed E-state index contributed by atoms with van der Waals surface area (Å²) >= 11 is 6.15. The molecule has 1 heterocycles. The van der Waals surface area contributed by atoms with Crippen molar-refractivity contribution in [2.75, 3.05) is 4.72 Å². The molecule has 0 aliphatic heterocycles. The number of nitrogens with zero attached hydrogens (tertiary/aromatic N) is 1. The second-order valence-corrected chi connectivity index (χ2v) is 7.63. The topological polar surface area (TPSA) is 89.3 Å². The van der Waals surface area contributed by atoms with E-state index in [-0.39, 0.29) is 14.2 Å². The van der Waals surface area contributed by atoms with Crippen LogP contribution in [-0.4, -0.2) is 13.3 Å². The highest BCUT2D eigenvalue weighted by molar-refractivity contribution is 7.94. The maximum Gasteiger partial charge on any atom is 0.300 e. The number of rotatable bonds is 4. The van der Waals surface area contributed by atoms with Gasteiger partial charge in [0.25, 0.3) is 15.7 Å². The number of halogens is 2. The molecule has 0 aliphatic carbocycles. The van der Waals surface area contributed by atoms with Crippen molar-refractivity contribution in [3.05, 3.63) is 50.1 Å². The largest absolute Gasteiger partial charge is 0.300 e. The molecule has 0 radical (unpaired) electrons. The van der Waals surface area contributed by atoms with Gasteiger partial charge in [-0.05, 0) is 24.6 Å². The van der Waals surface area contributed by atoms with E-state index in [0.29, 0.717) is 16.9 Å². The number of nitro groups is 1. The van der Waals surface area contributed by atoms with Crippen LogP contribution in [0.5, 0.6) is 0 Å². The van der Waals surface area contributed by atoms with Crippen LogP contribution in [0.1, 0.15) is 5.56 Å². The van der Waals surface area contributed by atoms with E-state index in [1.807, 2.05) is 4.72 Å². The molecular weight excluding hydrogens is 343 g/mol. The number of benzene rings is 1. The molecule has 21 heavy (non-hydrogen) atoms. The van der Waals surface area contributed by atoms with E-state index in [1.54, 1.807) is 6.92 Å². The van der Waals surface area contributed by atoms with E-state index < -0.39 is 26.5 Å². The van der Waals surface area contributed by atoms with Gasteiger partial charge in [-0.1, -0.05) is 17.7 Å². The molecule has 6 nitrogen and oxygen atoms in total. The summed E-state index contributed by atoms with van der Waals surface area (Å²) in [7, 11) is -4.15. The van der Waals surface area contributed by atoms with Crippen LogP contribution < -0.4 is 4.72 Å². The minimum absolute atomic E-state index is 0.234. The van der Waals surface area contributed by atoms with Gasteiger partial charge >= 0.3 is 0 Å². The number of nitrogens with one attached hydrogen (secondary N) is 1. The first kappa shape index (κ1) is 15.7. The molecule has 112 valence electrons. The Morgan fingerprint density at radius 3 is 2.62 bits per heavy atom. The predicted molar refractivity (Wildman–Crippen MR) is 77.9 cm³/mol. The van der Waals surface area contributed by atoms with Crippen molar-refractivity contribution >= 4 is 44.3 Å². The molecule has 2 rings (SSSR count). The van der Waals surface area contributed by atoms with Gasteiger partial charge in [-0.2, -0.15) is 0 Å². The molecule has 1 aromatic heterocycles. The Kier molecular flexibility index (Phi) is 4.17. The lowest BCUT2D eigenvalue weighted by atomic mass is 10.2. The molecule has 0 spiro atoms.